The minimum absolute atomic E-state index is 0.0543. The van der Waals surface area contributed by atoms with Crippen molar-refractivity contribution in [2.45, 2.75) is 12.8 Å². The van der Waals surface area contributed by atoms with Gasteiger partial charge in [0.05, 0.1) is 24.3 Å². The first-order valence-corrected chi connectivity index (χ1v) is 7.78. The molecule has 2 aromatic rings. The van der Waals surface area contributed by atoms with Crippen molar-refractivity contribution in [1.29, 1.82) is 0 Å². The van der Waals surface area contributed by atoms with Crippen LogP contribution >= 0.6 is 0 Å². The van der Waals surface area contributed by atoms with Crippen LogP contribution in [-0.4, -0.2) is 56.3 Å². The fourth-order valence-electron chi connectivity index (χ4n) is 3.51. The van der Waals surface area contributed by atoms with Crippen molar-refractivity contribution in [3.8, 4) is 0 Å². The molecule has 1 unspecified atom stereocenters. The van der Waals surface area contributed by atoms with Gasteiger partial charge in [-0.05, 0) is 6.42 Å². The molecule has 8 nitrogen and oxygen atoms in total. The third-order valence-electron chi connectivity index (χ3n) is 4.69. The summed E-state index contributed by atoms with van der Waals surface area (Å²) in [5.41, 5.74) is 0.843. The molecular weight excluding hydrogens is 308 g/mol. The Labute approximate surface area is 138 Å². The van der Waals surface area contributed by atoms with Crippen LogP contribution in [0.5, 0.6) is 0 Å². The first kappa shape index (κ1) is 14.7. The van der Waals surface area contributed by atoms with E-state index in [1.54, 1.807) is 22.2 Å². The lowest BCUT2D eigenvalue weighted by Gasteiger charge is -2.23. The second-order valence-electron chi connectivity index (χ2n) is 6.32. The van der Waals surface area contributed by atoms with E-state index in [2.05, 4.69) is 19.9 Å². The maximum atomic E-state index is 12.5. The average molecular weight is 324 g/mol. The Morgan fingerprint density at radius 3 is 2.67 bits per heavy atom. The van der Waals surface area contributed by atoms with E-state index >= 15 is 0 Å². The van der Waals surface area contributed by atoms with E-state index in [1.165, 1.54) is 24.9 Å². The van der Waals surface area contributed by atoms with Gasteiger partial charge >= 0.3 is 0 Å². The molecule has 1 spiro atoms. The van der Waals surface area contributed by atoms with E-state index < -0.39 is 0 Å². The first-order valence-electron chi connectivity index (χ1n) is 7.78. The Kier molecular flexibility index (Phi) is 3.44. The second kappa shape index (κ2) is 5.63. The van der Waals surface area contributed by atoms with E-state index in [4.69, 9.17) is 0 Å². The molecule has 0 N–H and O–H groups in total. The number of aromatic nitrogens is 4. The monoisotopic (exact) mass is 324 g/mol. The molecule has 122 valence electrons. The Morgan fingerprint density at radius 1 is 1.08 bits per heavy atom. The molecule has 4 heterocycles. The number of nitrogens with zero attached hydrogens (tertiary/aromatic N) is 6. The van der Waals surface area contributed by atoms with Gasteiger partial charge < -0.3 is 9.80 Å². The van der Waals surface area contributed by atoms with Crippen LogP contribution in [0.4, 0.5) is 5.69 Å². The molecular formula is C16H16N6O2. The standard InChI is InChI=1S/C16H16N6O2/c23-14-5-16(10-22(14)12-6-18-11-19-7-12)1-4-21(9-16)15(24)13-8-17-2-3-20-13/h2-3,6-8,11H,1,4-5,9-10H2. The molecule has 2 fully saturated rings. The lowest BCUT2D eigenvalue weighted by molar-refractivity contribution is -0.117. The number of carbonyl (C=O) groups is 2. The maximum absolute atomic E-state index is 12.5. The third-order valence-corrected chi connectivity index (χ3v) is 4.69. The number of hydrogen-bond acceptors (Lipinski definition) is 6. The topological polar surface area (TPSA) is 92.2 Å². The molecule has 4 rings (SSSR count). The lowest BCUT2D eigenvalue weighted by Crippen LogP contribution is -2.34. The summed E-state index contributed by atoms with van der Waals surface area (Å²) in [5, 5.41) is 0. The van der Waals surface area contributed by atoms with E-state index in [1.807, 2.05) is 0 Å². The summed E-state index contributed by atoms with van der Waals surface area (Å²) in [5.74, 6) is -0.0764. The molecule has 2 saturated heterocycles. The average Bonchev–Trinajstić information content (AvgIpc) is 3.19. The van der Waals surface area contributed by atoms with Crippen LogP contribution < -0.4 is 4.90 Å². The van der Waals surface area contributed by atoms with Gasteiger partial charge in [0.2, 0.25) is 5.91 Å². The van der Waals surface area contributed by atoms with Gasteiger partial charge in [0, 0.05) is 43.9 Å². The Bertz CT molecular complexity index is 769. The maximum Gasteiger partial charge on any atom is 0.274 e. The van der Waals surface area contributed by atoms with Gasteiger partial charge in [-0.25, -0.2) is 15.0 Å². The molecule has 8 heteroatoms. The SMILES string of the molecule is O=C(c1cnccn1)N1CCC2(CC(=O)N(c3cncnc3)C2)C1. The highest BCUT2D eigenvalue weighted by atomic mass is 16.2. The zero-order chi connectivity index (χ0) is 16.6. The molecule has 2 amide bonds. The summed E-state index contributed by atoms with van der Waals surface area (Å²) in [6.07, 6.45) is 10.5. The van der Waals surface area contributed by atoms with Crippen molar-refractivity contribution in [2.24, 2.45) is 5.41 Å². The van der Waals surface area contributed by atoms with Crippen molar-refractivity contribution in [3.05, 3.63) is 43.0 Å². The van der Waals surface area contributed by atoms with Crippen molar-refractivity contribution >= 4 is 17.5 Å². The number of carbonyl (C=O) groups excluding carboxylic acids is 2. The number of hydrogen-bond donors (Lipinski definition) is 0. The molecule has 0 aromatic carbocycles. The van der Waals surface area contributed by atoms with Gasteiger partial charge in [0.1, 0.15) is 12.0 Å². The van der Waals surface area contributed by atoms with Gasteiger partial charge in [-0.3, -0.25) is 14.6 Å². The molecule has 24 heavy (non-hydrogen) atoms. The molecule has 2 aliphatic heterocycles. The fraction of sp³-hybridized carbons (Fsp3) is 0.375. The van der Waals surface area contributed by atoms with Crippen LogP contribution in [0.25, 0.3) is 0 Å². The van der Waals surface area contributed by atoms with Gasteiger partial charge in [-0.1, -0.05) is 0 Å². The Morgan fingerprint density at radius 2 is 1.92 bits per heavy atom. The highest BCUT2D eigenvalue weighted by molar-refractivity contribution is 5.97. The number of rotatable bonds is 2. The fourth-order valence-corrected chi connectivity index (χ4v) is 3.51. The van der Waals surface area contributed by atoms with E-state index in [0.29, 0.717) is 37.4 Å². The molecule has 0 bridgehead atoms. The van der Waals surface area contributed by atoms with Crippen molar-refractivity contribution < 1.29 is 9.59 Å². The second-order valence-corrected chi connectivity index (χ2v) is 6.32. The van der Waals surface area contributed by atoms with Crippen LogP contribution in [0.2, 0.25) is 0 Å². The van der Waals surface area contributed by atoms with Crippen LogP contribution in [0.1, 0.15) is 23.3 Å². The van der Waals surface area contributed by atoms with Crippen LogP contribution in [0, 0.1) is 5.41 Å². The van der Waals surface area contributed by atoms with Crippen LogP contribution in [0.3, 0.4) is 0 Å². The van der Waals surface area contributed by atoms with Crippen molar-refractivity contribution in [1.82, 2.24) is 24.8 Å². The van der Waals surface area contributed by atoms with Gasteiger partial charge in [-0.15, -0.1) is 0 Å². The minimum atomic E-state index is -0.204. The van der Waals surface area contributed by atoms with Crippen LogP contribution in [0.15, 0.2) is 37.3 Å². The van der Waals surface area contributed by atoms with E-state index in [9.17, 15) is 9.59 Å². The summed E-state index contributed by atoms with van der Waals surface area (Å²) in [6.45, 7) is 1.77. The van der Waals surface area contributed by atoms with E-state index in [-0.39, 0.29) is 17.2 Å². The van der Waals surface area contributed by atoms with Gasteiger partial charge in [0.25, 0.3) is 5.91 Å². The molecule has 2 aromatic heterocycles. The Hall–Kier alpha value is -2.90. The summed E-state index contributed by atoms with van der Waals surface area (Å²) in [6, 6.07) is 0. The highest BCUT2D eigenvalue weighted by Gasteiger charge is 2.49. The summed E-state index contributed by atoms with van der Waals surface area (Å²) in [7, 11) is 0. The predicted octanol–water partition coefficient (Wildman–Crippen LogP) is 0.536. The molecule has 1 atom stereocenters. The van der Waals surface area contributed by atoms with Crippen molar-refractivity contribution in [3.63, 3.8) is 0 Å². The van der Waals surface area contributed by atoms with Gasteiger partial charge in [-0.2, -0.15) is 0 Å². The third kappa shape index (κ3) is 2.49. The molecule has 2 aliphatic rings. The molecule has 0 aliphatic carbocycles. The summed E-state index contributed by atoms with van der Waals surface area (Å²) >= 11 is 0. The highest BCUT2D eigenvalue weighted by Crippen LogP contribution is 2.41. The predicted molar refractivity (Wildman–Crippen MR) is 84.0 cm³/mol. The number of anilines is 1. The largest absolute Gasteiger partial charge is 0.337 e. The lowest BCUT2D eigenvalue weighted by atomic mass is 9.86. The smallest absolute Gasteiger partial charge is 0.274 e. The molecule has 0 saturated carbocycles. The van der Waals surface area contributed by atoms with Crippen LogP contribution in [-0.2, 0) is 4.79 Å². The number of amides is 2. The van der Waals surface area contributed by atoms with E-state index in [0.717, 1.165) is 6.42 Å². The quantitative estimate of drug-likeness (QED) is 0.800. The summed E-state index contributed by atoms with van der Waals surface area (Å²) in [4.78, 5) is 44.4. The Balaban J connectivity index is 1.50. The molecule has 0 radical (unpaired) electrons. The zero-order valence-electron chi connectivity index (χ0n) is 13.0. The van der Waals surface area contributed by atoms with Crippen molar-refractivity contribution in [2.75, 3.05) is 24.5 Å². The first-order chi connectivity index (χ1) is 11.7. The normalized spacial score (nSPS) is 23.2. The summed E-state index contributed by atoms with van der Waals surface area (Å²) < 4.78 is 0. The zero-order valence-corrected chi connectivity index (χ0v) is 13.0. The van der Waals surface area contributed by atoms with Gasteiger partial charge in [0.15, 0.2) is 0 Å². The number of likely N-dealkylation sites (tertiary alicyclic amines) is 1. The minimum Gasteiger partial charge on any atom is -0.337 e.